The zero-order valence-electron chi connectivity index (χ0n) is 25.5. The predicted molar refractivity (Wildman–Crippen MR) is 160 cm³/mol. The highest BCUT2D eigenvalue weighted by Crippen LogP contribution is 2.21. The zero-order valence-corrected chi connectivity index (χ0v) is 25.5. The van der Waals surface area contributed by atoms with E-state index in [1.165, 1.54) is 61.3 Å². The number of hydrogen-bond donors (Lipinski definition) is 4. The molecule has 2 rings (SSSR count). The van der Waals surface area contributed by atoms with Crippen molar-refractivity contribution in [3.63, 3.8) is 0 Å². The molecule has 0 aliphatic heterocycles. The van der Waals surface area contributed by atoms with E-state index in [-0.39, 0.29) is 5.91 Å². The Balaban J connectivity index is 0.00000114. The standard InChI is InChI=1S/C27H43N3O.2C2HF3O2/c1-2-3-4-5-6-7-8-13-21-30(27(31)26(29)19-11-12-20-28)22-24-17-14-16-23-15-9-10-18-25(23)24;2*3-2(4,5)1(6)7/h9-10,14-18,26H,2-8,11-13,19-22,28-29H2,1H3;2*(H,6,7)/t26-;;/m0../s1. The van der Waals surface area contributed by atoms with Gasteiger partial charge in [0.2, 0.25) is 5.91 Å². The van der Waals surface area contributed by atoms with Gasteiger partial charge < -0.3 is 26.6 Å². The van der Waals surface area contributed by atoms with E-state index < -0.39 is 30.3 Å². The van der Waals surface area contributed by atoms with Gasteiger partial charge in [0.15, 0.2) is 0 Å². The van der Waals surface area contributed by atoms with Gasteiger partial charge in [0.25, 0.3) is 0 Å². The Labute approximate surface area is 259 Å². The Morgan fingerprint density at radius 1 is 0.756 bits per heavy atom. The summed E-state index contributed by atoms with van der Waals surface area (Å²) in [6.45, 7) is 4.31. The normalized spacial score (nSPS) is 11.9. The van der Waals surface area contributed by atoms with Gasteiger partial charge in [-0.3, -0.25) is 4.79 Å². The maximum Gasteiger partial charge on any atom is 0.490 e. The number of nitrogens with two attached hydrogens (primary N) is 2. The molecule has 0 fully saturated rings. The first kappa shape index (κ1) is 41.6. The number of aliphatic carboxylic acids is 2. The SMILES string of the molecule is CCCCCCCCCCN(Cc1cccc2ccccc12)C(=O)[C@@H](N)CCCCN.O=C(O)C(F)(F)F.O=C(O)C(F)(F)F. The lowest BCUT2D eigenvalue weighted by atomic mass is 10.0. The first-order chi connectivity index (χ1) is 21.1. The van der Waals surface area contributed by atoms with E-state index in [9.17, 15) is 31.1 Å². The molecular formula is C31H45F6N3O5. The fraction of sp³-hybridized carbons (Fsp3) is 0.581. The summed E-state index contributed by atoms with van der Waals surface area (Å²) >= 11 is 0. The molecule has 1 amide bonds. The van der Waals surface area contributed by atoms with Crippen molar-refractivity contribution >= 4 is 28.6 Å². The number of alkyl halides is 6. The molecule has 2 aromatic rings. The van der Waals surface area contributed by atoms with Crippen molar-refractivity contribution in [2.24, 2.45) is 11.5 Å². The van der Waals surface area contributed by atoms with Crippen LogP contribution in [-0.4, -0.2) is 64.4 Å². The molecule has 45 heavy (non-hydrogen) atoms. The number of carbonyl (C=O) groups excluding carboxylic acids is 1. The van der Waals surface area contributed by atoms with E-state index in [0.717, 1.165) is 25.8 Å². The van der Waals surface area contributed by atoms with Gasteiger partial charge in [0.1, 0.15) is 0 Å². The summed E-state index contributed by atoms with van der Waals surface area (Å²) in [6.07, 6.45) is 2.45. The molecule has 0 radical (unpaired) electrons. The number of carboxylic acids is 2. The third-order valence-corrected chi connectivity index (χ3v) is 6.61. The van der Waals surface area contributed by atoms with E-state index in [4.69, 9.17) is 31.3 Å². The highest BCUT2D eigenvalue weighted by molar-refractivity contribution is 5.87. The zero-order chi connectivity index (χ0) is 34.5. The van der Waals surface area contributed by atoms with Crippen LogP contribution >= 0.6 is 0 Å². The van der Waals surface area contributed by atoms with Gasteiger partial charge in [-0.1, -0.05) is 101 Å². The van der Waals surface area contributed by atoms with Gasteiger partial charge in [-0.15, -0.1) is 0 Å². The summed E-state index contributed by atoms with van der Waals surface area (Å²) in [6, 6.07) is 14.3. The fourth-order valence-electron chi connectivity index (χ4n) is 4.21. The fourth-order valence-corrected chi connectivity index (χ4v) is 4.21. The van der Waals surface area contributed by atoms with E-state index >= 15 is 0 Å². The number of amides is 1. The average Bonchev–Trinajstić information content (AvgIpc) is 2.97. The summed E-state index contributed by atoms with van der Waals surface area (Å²) in [5.74, 6) is -5.44. The summed E-state index contributed by atoms with van der Waals surface area (Å²) in [5.41, 5.74) is 13.1. The second kappa shape index (κ2) is 22.2. The van der Waals surface area contributed by atoms with Crippen LogP contribution in [0.2, 0.25) is 0 Å². The van der Waals surface area contributed by atoms with Crippen LogP contribution in [0.25, 0.3) is 10.8 Å². The molecule has 0 spiro atoms. The Bertz CT molecular complexity index is 1120. The number of rotatable bonds is 16. The van der Waals surface area contributed by atoms with Gasteiger partial charge in [0, 0.05) is 13.1 Å². The van der Waals surface area contributed by atoms with Crippen LogP contribution in [0.1, 0.15) is 83.1 Å². The molecule has 0 bridgehead atoms. The monoisotopic (exact) mass is 653 g/mol. The van der Waals surface area contributed by atoms with Crippen LogP contribution in [-0.2, 0) is 20.9 Å². The van der Waals surface area contributed by atoms with Crippen LogP contribution < -0.4 is 11.5 Å². The van der Waals surface area contributed by atoms with E-state index in [1.54, 1.807) is 0 Å². The Morgan fingerprint density at radius 3 is 1.76 bits per heavy atom. The average molecular weight is 654 g/mol. The molecule has 0 aliphatic rings. The lowest BCUT2D eigenvalue weighted by molar-refractivity contribution is -0.193. The molecular weight excluding hydrogens is 608 g/mol. The molecule has 256 valence electrons. The smallest absolute Gasteiger partial charge is 0.475 e. The van der Waals surface area contributed by atoms with Gasteiger partial charge in [-0.25, -0.2) is 9.59 Å². The van der Waals surface area contributed by atoms with Gasteiger partial charge >= 0.3 is 24.3 Å². The van der Waals surface area contributed by atoms with Crippen molar-refractivity contribution in [2.75, 3.05) is 13.1 Å². The molecule has 0 saturated heterocycles. The summed E-state index contributed by atoms with van der Waals surface area (Å²) in [4.78, 5) is 33.0. The molecule has 6 N–H and O–H groups in total. The number of carboxylic acid groups (broad SMARTS) is 2. The van der Waals surface area contributed by atoms with Crippen molar-refractivity contribution in [2.45, 2.75) is 102 Å². The van der Waals surface area contributed by atoms with Crippen LogP contribution in [0.4, 0.5) is 26.3 Å². The molecule has 0 heterocycles. The molecule has 1 atom stereocenters. The Hall–Kier alpha value is -3.39. The maximum absolute atomic E-state index is 13.2. The van der Waals surface area contributed by atoms with E-state index in [0.29, 0.717) is 19.5 Å². The van der Waals surface area contributed by atoms with Crippen molar-refractivity contribution in [1.29, 1.82) is 0 Å². The van der Waals surface area contributed by atoms with Crippen LogP contribution in [0.3, 0.4) is 0 Å². The number of carbonyl (C=O) groups is 3. The highest BCUT2D eigenvalue weighted by Gasteiger charge is 2.38. The van der Waals surface area contributed by atoms with Crippen LogP contribution in [0.15, 0.2) is 42.5 Å². The van der Waals surface area contributed by atoms with Gasteiger partial charge in [-0.05, 0) is 42.1 Å². The van der Waals surface area contributed by atoms with Crippen LogP contribution in [0.5, 0.6) is 0 Å². The van der Waals surface area contributed by atoms with Gasteiger partial charge in [0.05, 0.1) is 6.04 Å². The van der Waals surface area contributed by atoms with Crippen molar-refractivity contribution in [3.8, 4) is 0 Å². The maximum atomic E-state index is 13.2. The number of nitrogens with zero attached hydrogens (tertiary/aromatic N) is 1. The van der Waals surface area contributed by atoms with E-state index in [1.807, 2.05) is 4.90 Å². The number of unbranched alkanes of at least 4 members (excludes halogenated alkanes) is 8. The molecule has 8 nitrogen and oxygen atoms in total. The number of hydrogen-bond acceptors (Lipinski definition) is 5. The molecule has 0 unspecified atom stereocenters. The summed E-state index contributed by atoms with van der Waals surface area (Å²) < 4.78 is 63.5. The van der Waals surface area contributed by atoms with Crippen molar-refractivity contribution in [3.05, 3.63) is 48.0 Å². The quantitative estimate of drug-likeness (QED) is 0.112. The molecule has 2 aromatic carbocycles. The minimum Gasteiger partial charge on any atom is -0.475 e. The summed E-state index contributed by atoms with van der Waals surface area (Å²) in [5, 5.41) is 16.7. The second-order valence-corrected chi connectivity index (χ2v) is 10.4. The Morgan fingerprint density at radius 2 is 1.24 bits per heavy atom. The summed E-state index contributed by atoms with van der Waals surface area (Å²) in [7, 11) is 0. The topological polar surface area (TPSA) is 147 Å². The largest absolute Gasteiger partial charge is 0.490 e. The number of halogens is 6. The number of benzene rings is 2. The second-order valence-electron chi connectivity index (χ2n) is 10.4. The lowest BCUT2D eigenvalue weighted by Gasteiger charge is -2.26. The first-order valence-corrected chi connectivity index (χ1v) is 14.9. The molecule has 0 aliphatic carbocycles. The predicted octanol–water partition coefficient (Wildman–Crippen LogP) is 7.03. The third-order valence-electron chi connectivity index (χ3n) is 6.61. The minimum atomic E-state index is -5.08. The van der Waals surface area contributed by atoms with Crippen molar-refractivity contribution in [1.82, 2.24) is 4.90 Å². The lowest BCUT2D eigenvalue weighted by Crippen LogP contribution is -2.43. The van der Waals surface area contributed by atoms with Gasteiger partial charge in [-0.2, -0.15) is 26.3 Å². The first-order valence-electron chi connectivity index (χ1n) is 14.9. The Kier molecular flexibility index (Phi) is 20.5. The van der Waals surface area contributed by atoms with E-state index in [2.05, 4.69) is 49.4 Å². The molecule has 0 aromatic heterocycles. The molecule has 0 saturated carbocycles. The highest BCUT2D eigenvalue weighted by atomic mass is 19.4. The number of fused-ring (bicyclic) bond motifs is 1. The van der Waals surface area contributed by atoms with Crippen LogP contribution in [0, 0.1) is 0 Å². The third kappa shape index (κ3) is 18.9. The molecule has 14 heteroatoms. The minimum absolute atomic E-state index is 0.0768. The van der Waals surface area contributed by atoms with Crippen molar-refractivity contribution < 1.29 is 50.9 Å².